The maximum Gasteiger partial charge on any atom is 0.325 e. The molecule has 1 aromatic rings. The van der Waals surface area contributed by atoms with Crippen LogP contribution in [0.25, 0.3) is 0 Å². The van der Waals surface area contributed by atoms with Gasteiger partial charge in [0.1, 0.15) is 6.54 Å². The van der Waals surface area contributed by atoms with Crippen molar-refractivity contribution in [3.05, 3.63) is 27.7 Å². The molecular weight excluding hydrogens is 208 g/mol. The third kappa shape index (κ3) is 2.13. The fourth-order valence-electron chi connectivity index (χ4n) is 2.06. The quantitative estimate of drug-likeness (QED) is 0.788. The molecule has 0 saturated heterocycles. The molecule has 16 heavy (non-hydrogen) atoms. The lowest BCUT2D eigenvalue weighted by Crippen LogP contribution is -2.30. The molecule has 2 rings (SSSR count). The van der Waals surface area contributed by atoms with Gasteiger partial charge in [-0.1, -0.05) is 6.92 Å². The van der Waals surface area contributed by atoms with Crippen LogP contribution in [0.15, 0.2) is 10.9 Å². The monoisotopic (exact) mass is 222 g/mol. The highest BCUT2D eigenvalue weighted by Crippen LogP contribution is 2.21. The van der Waals surface area contributed by atoms with Crippen molar-refractivity contribution >= 4 is 5.97 Å². The summed E-state index contributed by atoms with van der Waals surface area (Å²) < 4.78 is 1.02. The number of aliphatic carboxylic acids is 1. The number of fused-ring (bicyclic) bond motifs is 1. The van der Waals surface area contributed by atoms with Crippen molar-refractivity contribution in [3.63, 3.8) is 0 Å². The van der Waals surface area contributed by atoms with Gasteiger partial charge < -0.3 is 5.11 Å². The summed E-state index contributed by atoms with van der Waals surface area (Å²) in [5.41, 5.74) is 1.53. The van der Waals surface area contributed by atoms with Crippen LogP contribution in [0.1, 0.15) is 24.6 Å². The number of nitrogens with zero attached hydrogens (tertiary/aromatic N) is 2. The molecule has 0 aromatic carbocycles. The molecule has 1 aliphatic rings. The van der Waals surface area contributed by atoms with Crippen molar-refractivity contribution in [2.75, 3.05) is 0 Å². The summed E-state index contributed by atoms with van der Waals surface area (Å²) in [6.45, 7) is 1.79. The average molecular weight is 222 g/mol. The van der Waals surface area contributed by atoms with Gasteiger partial charge in [-0.15, -0.1) is 0 Å². The molecule has 0 amide bonds. The second kappa shape index (κ2) is 4.08. The number of aryl methyl sites for hydroxylation is 1. The Morgan fingerprint density at radius 2 is 2.44 bits per heavy atom. The van der Waals surface area contributed by atoms with E-state index in [4.69, 9.17) is 5.11 Å². The number of carbonyl (C=O) groups is 1. The van der Waals surface area contributed by atoms with Crippen LogP contribution < -0.4 is 5.56 Å². The first-order valence-corrected chi connectivity index (χ1v) is 5.38. The molecule has 86 valence electrons. The predicted octanol–water partition coefficient (Wildman–Crippen LogP) is 0.453. The predicted molar refractivity (Wildman–Crippen MR) is 57.3 cm³/mol. The second-order valence-electron chi connectivity index (χ2n) is 4.35. The highest BCUT2D eigenvalue weighted by atomic mass is 16.4. The maximum atomic E-state index is 11.6. The molecule has 0 saturated carbocycles. The first kappa shape index (κ1) is 10.9. The van der Waals surface area contributed by atoms with Gasteiger partial charge >= 0.3 is 5.97 Å². The number of hydrogen-bond acceptors (Lipinski definition) is 3. The van der Waals surface area contributed by atoms with E-state index in [0.29, 0.717) is 5.92 Å². The minimum absolute atomic E-state index is 0.324. The third-order valence-electron chi connectivity index (χ3n) is 2.89. The van der Waals surface area contributed by atoms with Crippen molar-refractivity contribution in [3.8, 4) is 0 Å². The highest BCUT2D eigenvalue weighted by Gasteiger charge is 2.18. The van der Waals surface area contributed by atoms with Gasteiger partial charge in [0.2, 0.25) is 0 Å². The first-order chi connectivity index (χ1) is 7.56. The maximum absolute atomic E-state index is 11.6. The Morgan fingerprint density at radius 1 is 1.69 bits per heavy atom. The van der Waals surface area contributed by atoms with Crippen LogP contribution in [0.4, 0.5) is 0 Å². The largest absolute Gasteiger partial charge is 0.480 e. The molecule has 1 unspecified atom stereocenters. The van der Waals surface area contributed by atoms with E-state index in [1.54, 1.807) is 0 Å². The Kier molecular flexibility index (Phi) is 2.77. The van der Waals surface area contributed by atoms with Gasteiger partial charge in [0.05, 0.1) is 5.69 Å². The van der Waals surface area contributed by atoms with Gasteiger partial charge in [-0.2, -0.15) is 5.10 Å². The summed E-state index contributed by atoms with van der Waals surface area (Å²) in [5.74, 6) is -0.470. The molecule has 5 heteroatoms. The molecule has 1 aromatic heterocycles. The second-order valence-corrected chi connectivity index (χ2v) is 4.35. The molecule has 1 atom stereocenters. The van der Waals surface area contributed by atoms with Crippen LogP contribution in [-0.4, -0.2) is 20.9 Å². The van der Waals surface area contributed by atoms with Crippen molar-refractivity contribution < 1.29 is 9.90 Å². The molecule has 0 bridgehead atoms. The van der Waals surface area contributed by atoms with Gasteiger partial charge in [-0.25, -0.2) is 4.68 Å². The topological polar surface area (TPSA) is 72.2 Å². The lowest BCUT2D eigenvalue weighted by atomic mass is 9.88. The summed E-state index contributed by atoms with van der Waals surface area (Å²) in [4.78, 5) is 22.1. The molecule has 5 nitrogen and oxygen atoms in total. The average Bonchev–Trinajstić information content (AvgIpc) is 2.19. The third-order valence-corrected chi connectivity index (χ3v) is 2.89. The zero-order chi connectivity index (χ0) is 11.7. The van der Waals surface area contributed by atoms with Crippen molar-refractivity contribution in [2.24, 2.45) is 5.92 Å². The fourth-order valence-corrected chi connectivity index (χ4v) is 2.06. The van der Waals surface area contributed by atoms with Gasteiger partial charge in [-0.3, -0.25) is 9.59 Å². The summed E-state index contributed by atoms with van der Waals surface area (Å²) >= 11 is 0. The molecule has 1 N–H and O–H groups in total. The van der Waals surface area contributed by atoms with Gasteiger partial charge in [0.15, 0.2) is 0 Å². The standard InChI is InChI=1S/C11H14N2O3/c1-7-2-3-9-8(4-7)5-10(14)13(12-9)6-11(15)16/h5,7H,2-4,6H2,1H3,(H,15,16). The number of carboxylic acids is 1. The van der Waals surface area contributed by atoms with E-state index in [1.165, 1.54) is 6.07 Å². The number of carboxylic acid groups (broad SMARTS) is 1. The van der Waals surface area contributed by atoms with Gasteiger partial charge in [0.25, 0.3) is 5.56 Å². The van der Waals surface area contributed by atoms with Crippen LogP contribution in [0.5, 0.6) is 0 Å². The molecule has 0 spiro atoms. The first-order valence-electron chi connectivity index (χ1n) is 5.38. The van der Waals surface area contributed by atoms with Crippen LogP contribution in [0.3, 0.4) is 0 Å². The number of rotatable bonds is 2. The van der Waals surface area contributed by atoms with E-state index >= 15 is 0 Å². The normalized spacial score (nSPS) is 19.2. The van der Waals surface area contributed by atoms with E-state index in [9.17, 15) is 9.59 Å². The van der Waals surface area contributed by atoms with E-state index in [-0.39, 0.29) is 12.1 Å². The zero-order valence-corrected chi connectivity index (χ0v) is 9.14. The Labute approximate surface area is 92.7 Å². The Morgan fingerprint density at radius 3 is 3.12 bits per heavy atom. The Balaban J connectivity index is 2.38. The zero-order valence-electron chi connectivity index (χ0n) is 9.14. The molecule has 1 heterocycles. The smallest absolute Gasteiger partial charge is 0.325 e. The molecule has 1 aliphatic carbocycles. The lowest BCUT2D eigenvalue weighted by molar-refractivity contribution is -0.138. The van der Waals surface area contributed by atoms with E-state index in [0.717, 1.165) is 35.2 Å². The Hall–Kier alpha value is -1.65. The summed E-state index contributed by atoms with van der Waals surface area (Å²) in [7, 11) is 0. The summed E-state index contributed by atoms with van der Waals surface area (Å²) in [5, 5.41) is 12.7. The minimum Gasteiger partial charge on any atom is -0.480 e. The van der Waals surface area contributed by atoms with Crippen molar-refractivity contribution in [1.29, 1.82) is 0 Å². The van der Waals surface area contributed by atoms with Gasteiger partial charge in [-0.05, 0) is 30.7 Å². The van der Waals surface area contributed by atoms with Crippen molar-refractivity contribution in [2.45, 2.75) is 32.7 Å². The van der Waals surface area contributed by atoms with Crippen LogP contribution in [0.2, 0.25) is 0 Å². The van der Waals surface area contributed by atoms with E-state index in [1.807, 2.05) is 0 Å². The molecule has 0 aliphatic heterocycles. The van der Waals surface area contributed by atoms with Crippen LogP contribution >= 0.6 is 0 Å². The minimum atomic E-state index is -1.04. The molecule has 0 fully saturated rings. The van der Waals surface area contributed by atoms with Crippen molar-refractivity contribution in [1.82, 2.24) is 9.78 Å². The van der Waals surface area contributed by atoms with E-state index in [2.05, 4.69) is 12.0 Å². The summed E-state index contributed by atoms with van der Waals surface area (Å²) in [6, 6.07) is 1.53. The lowest BCUT2D eigenvalue weighted by Gasteiger charge is -2.20. The SMILES string of the molecule is CC1CCc2nn(CC(=O)O)c(=O)cc2C1. The summed E-state index contributed by atoms with van der Waals surface area (Å²) in [6.07, 6.45) is 2.74. The number of aromatic nitrogens is 2. The van der Waals surface area contributed by atoms with Crippen LogP contribution in [-0.2, 0) is 24.2 Å². The molecule has 0 radical (unpaired) electrons. The van der Waals surface area contributed by atoms with Gasteiger partial charge in [0, 0.05) is 6.07 Å². The van der Waals surface area contributed by atoms with Crippen LogP contribution in [0, 0.1) is 5.92 Å². The number of hydrogen-bond donors (Lipinski definition) is 1. The van der Waals surface area contributed by atoms with E-state index < -0.39 is 5.97 Å². The molecular formula is C11H14N2O3. The Bertz CT molecular complexity index is 479. The fraction of sp³-hybridized carbons (Fsp3) is 0.545. The highest BCUT2D eigenvalue weighted by molar-refractivity contribution is 5.66.